The summed E-state index contributed by atoms with van der Waals surface area (Å²) in [6.07, 6.45) is 7.04. The monoisotopic (exact) mass is 170 g/mol. The average molecular weight is 170 g/mol. The Balaban J connectivity index is 3.94. The molecule has 72 valence electrons. The van der Waals surface area contributed by atoms with E-state index in [2.05, 4.69) is 32.9 Å². The molecule has 0 aliphatic rings. The van der Waals surface area contributed by atoms with Gasteiger partial charge in [-0.15, -0.1) is 0 Å². The molecule has 0 fully saturated rings. The van der Waals surface area contributed by atoms with Gasteiger partial charge in [0.15, 0.2) is 0 Å². The number of hydrogen-bond donors (Lipinski definition) is 2. The molecule has 0 amide bonds. The van der Waals surface area contributed by atoms with Crippen molar-refractivity contribution in [3.63, 3.8) is 0 Å². The van der Waals surface area contributed by atoms with Gasteiger partial charge in [-0.1, -0.05) is 39.3 Å². The molecular formula is C10H22N2. The van der Waals surface area contributed by atoms with Crippen LogP contribution in [0.25, 0.3) is 0 Å². The maximum absolute atomic E-state index is 5.94. The molecule has 0 aromatic heterocycles. The second-order valence-electron chi connectivity index (χ2n) is 3.51. The highest BCUT2D eigenvalue weighted by molar-refractivity contribution is 4.93. The Hall–Kier alpha value is -0.340. The Morgan fingerprint density at radius 1 is 1.25 bits per heavy atom. The maximum Gasteiger partial charge on any atom is 0.0698 e. The van der Waals surface area contributed by atoms with Crippen LogP contribution in [-0.2, 0) is 0 Å². The van der Waals surface area contributed by atoms with Crippen LogP contribution in [0, 0.1) is 5.92 Å². The van der Waals surface area contributed by atoms with Crippen molar-refractivity contribution in [2.45, 2.75) is 45.7 Å². The SMILES string of the molecule is CC/C=C\CC(N)(N)C(C)CC. The number of allylic oxidation sites excluding steroid dienone is 1. The summed E-state index contributed by atoms with van der Waals surface area (Å²) in [6.45, 7) is 6.32. The first-order chi connectivity index (χ1) is 5.54. The molecule has 1 unspecified atom stereocenters. The van der Waals surface area contributed by atoms with Gasteiger partial charge in [0.25, 0.3) is 0 Å². The summed E-state index contributed by atoms with van der Waals surface area (Å²) in [6, 6.07) is 0. The fraction of sp³-hybridized carbons (Fsp3) is 0.800. The van der Waals surface area contributed by atoms with Crippen LogP contribution in [-0.4, -0.2) is 5.66 Å². The van der Waals surface area contributed by atoms with E-state index in [1.807, 2.05) is 0 Å². The molecule has 0 aromatic carbocycles. The molecule has 2 heteroatoms. The number of rotatable bonds is 5. The summed E-state index contributed by atoms with van der Waals surface area (Å²) < 4.78 is 0. The summed E-state index contributed by atoms with van der Waals surface area (Å²) in [5.41, 5.74) is 11.3. The Labute approximate surface area is 76.0 Å². The van der Waals surface area contributed by atoms with Crippen LogP contribution < -0.4 is 11.5 Å². The van der Waals surface area contributed by atoms with Crippen LogP contribution in [0.2, 0.25) is 0 Å². The highest BCUT2D eigenvalue weighted by Gasteiger charge is 2.23. The van der Waals surface area contributed by atoms with Gasteiger partial charge in [-0.05, 0) is 18.8 Å². The van der Waals surface area contributed by atoms with Crippen LogP contribution >= 0.6 is 0 Å². The van der Waals surface area contributed by atoms with E-state index in [1.165, 1.54) is 0 Å². The van der Waals surface area contributed by atoms with E-state index < -0.39 is 5.66 Å². The third-order valence-electron chi connectivity index (χ3n) is 2.40. The van der Waals surface area contributed by atoms with Crippen LogP contribution in [0.1, 0.15) is 40.0 Å². The van der Waals surface area contributed by atoms with Gasteiger partial charge in [0.2, 0.25) is 0 Å². The van der Waals surface area contributed by atoms with E-state index in [0.29, 0.717) is 5.92 Å². The highest BCUT2D eigenvalue weighted by atomic mass is 15.0. The van der Waals surface area contributed by atoms with Crippen molar-refractivity contribution in [3.8, 4) is 0 Å². The smallest absolute Gasteiger partial charge is 0.0698 e. The quantitative estimate of drug-likeness (QED) is 0.490. The lowest BCUT2D eigenvalue weighted by molar-refractivity contribution is 0.293. The van der Waals surface area contributed by atoms with Gasteiger partial charge in [0, 0.05) is 0 Å². The van der Waals surface area contributed by atoms with E-state index in [9.17, 15) is 0 Å². The van der Waals surface area contributed by atoms with Crippen molar-refractivity contribution < 1.29 is 0 Å². The van der Waals surface area contributed by atoms with E-state index in [-0.39, 0.29) is 0 Å². The lowest BCUT2D eigenvalue weighted by atomic mass is 9.90. The molecule has 0 saturated heterocycles. The topological polar surface area (TPSA) is 52.0 Å². The Bertz CT molecular complexity index is 139. The molecule has 0 radical (unpaired) electrons. The molecule has 4 N–H and O–H groups in total. The highest BCUT2D eigenvalue weighted by Crippen LogP contribution is 2.16. The van der Waals surface area contributed by atoms with Crippen LogP contribution in [0.3, 0.4) is 0 Å². The van der Waals surface area contributed by atoms with E-state index in [4.69, 9.17) is 11.5 Å². The minimum atomic E-state index is -0.527. The lowest BCUT2D eigenvalue weighted by Gasteiger charge is -2.29. The average Bonchev–Trinajstić information content (AvgIpc) is 2.03. The van der Waals surface area contributed by atoms with Crippen LogP contribution in [0.4, 0.5) is 0 Å². The van der Waals surface area contributed by atoms with Crippen LogP contribution in [0.5, 0.6) is 0 Å². The van der Waals surface area contributed by atoms with Crippen molar-refractivity contribution in [2.24, 2.45) is 17.4 Å². The van der Waals surface area contributed by atoms with E-state index in [1.54, 1.807) is 0 Å². The molecule has 0 bridgehead atoms. The zero-order valence-corrected chi connectivity index (χ0v) is 8.51. The molecule has 0 heterocycles. The van der Waals surface area contributed by atoms with Crippen molar-refractivity contribution in [1.82, 2.24) is 0 Å². The van der Waals surface area contributed by atoms with Gasteiger partial charge in [-0.2, -0.15) is 0 Å². The van der Waals surface area contributed by atoms with Crippen molar-refractivity contribution in [3.05, 3.63) is 12.2 Å². The normalized spacial score (nSPS) is 15.4. The predicted octanol–water partition coefficient (Wildman–Crippen LogP) is 2.00. The second kappa shape index (κ2) is 5.33. The third-order valence-corrected chi connectivity index (χ3v) is 2.40. The predicted molar refractivity (Wildman–Crippen MR) is 54.6 cm³/mol. The van der Waals surface area contributed by atoms with Gasteiger partial charge in [-0.25, -0.2) is 0 Å². The van der Waals surface area contributed by atoms with E-state index in [0.717, 1.165) is 19.3 Å². The Kier molecular flexibility index (Phi) is 5.18. The molecule has 2 nitrogen and oxygen atoms in total. The largest absolute Gasteiger partial charge is 0.313 e. The Morgan fingerprint density at radius 3 is 2.25 bits per heavy atom. The summed E-state index contributed by atoms with van der Waals surface area (Å²) in [7, 11) is 0. The summed E-state index contributed by atoms with van der Waals surface area (Å²) in [5.74, 6) is 0.374. The minimum Gasteiger partial charge on any atom is -0.313 e. The van der Waals surface area contributed by atoms with Crippen molar-refractivity contribution in [1.29, 1.82) is 0 Å². The van der Waals surface area contributed by atoms with Gasteiger partial charge in [-0.3, -0.25) is 0 Å². The van der Waals surface area contributed by atoms with Crippen molar-refractivity contribution in [2.75, 3.05) is 0 Å². The first-order valence-corrected chi connectivity index (χ1v) is 4.77. The van der Waals surface area contributed by atoms with Gasteiger partial charge < -0.3 is 11.5 Å². The zero-order chi connectivity index (χ0) is 9.61. The minimum absolute atomic E-state index is 0.374. The zero-order valence-electron chi connectivity index (χ0n) is 8.51. The fourth-order valence-electron chi connectivity index (χ4n) is 1.04. The molecule has 0 rings (SSSR count). The summed E-state index contributed by atoms with van der Waals surface area (Å²) in [5, 5.41) is 0. The maximum atomic E-state index is 5.94. The van der Waals surface area contributed by atoms with Gasteiger partial charge in [0.1, 0.15) is 0 Å². The number of hydrogen-bond acceptors (Lipinski definition) is 2. The molecule has 0 saturated carbocycles. The first-order valence-electron chi connectivity index (χ1n) is 4.77. The van der Waals surface area contributed by atoms with Crippen LogP contribution in [0.15, 0.2) is 12.2 Å². The molecule has 0 aliphatic heterocycles. The molecule has 1 atom stereocenters. The second-order valence-corrected chi connectivity index (χ2v) is 3.51. The molecule has 0 aliphatic carbocycles. The number of nitrogens with two attached hydrogens (primary N) is 2. The summed E-state index contributed by atoms with van der Waals surface area (Å²) >= 11 is 0. The van der Waals surface area contributed by atoms with Gasteiger partial charge in [0.05, 0.1) is 5.66 Å². The molecule has 0 aromatic rings. The van der Waals surface area contributed by atoms with E-state index >= 15 is 0 Å². The standard InChI is InChI=1S/C10H22N2/c1-4-6-7-8-10(11,12)9(3)5-2/h6-7,9H,4-5,8,11-12H2,1-3H3/b7-6-. The Morgan fingerprint density at radius 2 is 1.83 bits per heavy atom. The third kappa shape index (κ3) is 3.88. The first kappa shape index (κ1) is 11.7. The van der Waals surface area contributed by atoms with Crippen molar-refractivity contribution >= 4 is 0 Å². The summed E-state index contributed by atoms with van der Waals surface area (Å²) in [4.78, 5) is 0. The van der Waals surface area contributed by atoms with Gasteiger partial charge >= 0.3 is 0 Å². The molecule has 0 spiro atoms. The molecule has 12 heavy (non-hydrogen) atoms. The lowest BCUT2D eigenvalue weighted by Crippen LogP contribution is -2.54. The fourth-order valence-corrected chi connectivity index (χ4v) is 1.04. The molecular weight excluding hydrogens is 148 g/mol.